The maximum atomic E-state index is 13.6. The normalized spacial score (nSPS) is 15.9. The topological polar surface area (TPSA) is 23.6 Å². The molecule has 132 valence electrons. The first-order valence-corrected chi connectivity index (χ1v) is 9.01. The molecule has 1 aliphatic rings. The fraction of sp³-hybridized carbons (Fsp3) is 0.381. The molecule has 0 N–H and O–H groups in total. The summed E-state index contributed by atoms with van der Waals surface area (Å²) in [5.74, 6) is -0.236. The number of halogens is 1. The van der Waals surface area contributed by atoms with Crippen LogP contribution in [0.5, 0.6) is 0 Å². The summed E-state index contributed by atoms with van der Waals surface area (Å²) in [6.07, 6.45) is 2.25. The van der Waals surface area contributed by atoms with Crippen LogP contribution in [0.15, 0.2) is 54.6 Å². The Morgan fingerprint density at radius 3 is 2.48 bits per heavy atom. The van der Waals surface area contributed by atoms with Crippen LogP contribution < -0.4 is 4.90 Å². The lowest BCUT2D eigenvalue weighted by Gasteiger charge is -2.38. The molecule has 4 heteroatoms. The minimum absolute atomic E-state index is 0.0621. The Balaban J connectivity index is 1.67. The molecule has 1 aliphatic heterocycles. The third-order valence-electron chi connectivity index (χ3n) is 4.83. The third-order valence-corrected chi connectivity index (χ3v) is 4.83. The molecule has 1 heterocycles. The van der Waals surface area contributed by atoms with Crippen LogP contribution in [-0.4, -0.2) is 29.9 Å². The van der Waals surface area contributed by atoms with Crippen LogP contribution in [0.3, 0.4) is 0 Å². The van der Waals surface area contributed by atoms with E-state index in [0.717, 1.165) is 32.5 Å². The summed E-state index contributed by atoms with van der Waals surface area (Å²) in [6, 6.07) is 17.0. The van der Waals surface area contributed by atoms with Gasteiger partial charge in [0.2, 0.25) is 5.91 Å². The Bertz CT molecular complexity index is 696. The molecule has 0 atom stereocenters. The minimum Gasteiger partial charge on any atom is -0.309 e. The van der Waals surface area contributed by atoms with Gasteiger partial charge in [-0.15, -0.1) is 0 Å². The van der Waals surface area contributed by atoms with Crippen molar-refractivity contribution in [2.24, 2.45) is 0 Å². The maximum absolute atomic E-state index is 13.6. The molecule has 2 aromatic carbocycles. The Morgan fingerprint density at radius 2 is 1.84 bits per heavy atom. The number of anilines is 1. The number of piperidine rings is 1. The molecule has 0 radical (unpaired) electrons. The van der Waals surface area contributed by atoms with E-state index in [9.17, 15) is 9.18 Å². The Kier molecular flexibility index (Phi) is 5.82. The molecule has 1 amide bonds. The first-order valence-electron chi connectivity index (χ1n) is 9.01. The monoisotopic (exact) mass is 340 g/mol. The highest BCUT2D eigenvalue weighted by atomic mass is 19.1. The first-order chi connectivity index (χ1) is 12.2. The lowest BCUT2D eigenvalue weighted by atomic mass is 10.0. The van der Waals surface area contributed by atoms with E-state index in [1.54, 1.807) is 6.07 Å². The van der Waals surface area contributed by atoms with E-state index in [1.165, 1.54) is 17.7 Å². The average Bonchev–Trinajstić information content (AvgIpc) is 2.64. The van der Waals surface area contributed by atoms with Gasteiger partial charge in [0, 0.05) is 37.8 Å². The fourth-order valence-electron chi connectivity index (χ4n) is 3.53. The smallest absolute Gasteiger partial charge is 0.226 e. The molecular weight excluding hydrogens is 315 g/mol. The van der Waals surface area contributed by atoms with Gasteiger partial charge < -0.3 is 4.90 Å². The summed E-state index contributed by atoms with van der Waals surface area (Å²) in [6.45, 7) is 4.69. The van der Waals surface area contributed by atoms with Gasteiger partial charge in [-0.05, 0) is 36.6 Å². The number of hydrogen-bond donors (Lipinski definition) is 0. The molecule has 0 bridgehead atoms. The summed E-state index contributed by atoms with van der Waals surface area (Å²) in [5.41, 5.74) is 1.99. The quantitative estimate of drug-likeness (QED) is 0.813. The number of amides is 1. The van der Waals surface area contributed by atoms with Crippen molar-refractivity contribution in [3.8, 4) is 0 Å². The van der Waals surface area contributed by atoms with Crippen LogP contribution in [0, 0.1) is 5.82 Å². The Labute approximate surface area is 149 Å². The van der Waals surface area contributed by atoms with E-state index in [2.05, 4.69) is 29.2 Å². The number of benzene rings is 2. The molecule has 0 aliphatic carbocycles. The van der Waals surface area contributed by atoms with Crippen molar-refractivity contribution < 1.29 is 9.18 Å². The van der Waals surface area contributed by atoms with Gasteiger partial charge in [0.15, 0.2) is 0 Å². The van der Waals surface area contributed by atoms with Gasteiger partial charge in [-0.25, -0.2) is 4.39 Å². The summed E-state index contributed by atoms with van der Waals surface area (Å²) in [4.78, 5) is 16.7. The Hall–Kier alpha value is -2.20. The highest BCUT2D eigenvalue weighted by Crippen LogP contribution is 2.26. The van der Waals surface area contributed by atoms with Crippen LogP contribution in [0.4, 0.5) is 10.1 Å². The van der Waals surface area contributed by atoms with Gasteiger partial charge in [0.05, 0.1) is 0 Å². The molecule has 25 heavy (non-hydrogen) atoms. The highest BCUT2D eigenvalue weighted by Gasteiger charge is 2.28. The molecule has 0 spiro atoms. The van der Waals surface area contributed by atoms with Gasteiger partial charge >= 0.3 is 0 Å². The molecule has 0 aromatic heterocycles. The van der Waals surface area contributed by atoms with Crippen LogP contribution >= 0.6 is 0 Å². The maximum Gasteiger partial charge on any atom is 0.226 e. The SMILES string of the molecule is CCC(=O)N(c1cccc(F)c1)C1CCN(Cc2ccccc2)CC1. The van der Waals surface area contributed by atoms with E-state index in [0.29, 0.717) is 12.1 Å². The summed E-state index contributed by atoms with van der Waals surface area (Å²) >= 11 is 0. The van der Waals surface area contributed by atoms with Crippen LogP contribution in [0.2, 0.25) is 0 Å². The number of nitrogens with zero attached hydrogens (tertiary/aromatic N) is 2. The van der Waals surface area contributed by atoms with Gasteiger partial charge in [-0.3, -0.25) is 9.69 Å². The van der Waals surface area contributed by atoms with E-state index >= 15 is 0 Å². The molecule has 2 aromatic rings. The van der Waals surface area contributed by atoms with Crippen molar-refractivity contribution in [3.63, 3.8) is 0 Å². The zero-order chi connectivity index (χ0) is 17.6. The zero-order valence-corrected chi connectivity index (χ0v) is 14.7. The molecule has 1 fully saturated rings. The fourth-order valence-corrected chi connectivity index (χ4v) is 3.53. The van der Waals surface area contributed by atoms with Crippen LogP contribution in [-0.2, 0) is 11.3 Å². The van der Waals surface area contributed by atoms with Crippen molar-refractivity contribution in [1.29, 1.82) is 0 Å². The van der Waals surface area contributed by atoms with E-state index in [-0.39, 0.29) is 17.8 Å². The number of likely N-dealkylation sites (tertiary alicyclic amines) is 1. The number of carbonyl (C=O) groups excluding carboxylic acids is 1. The van der Waals surface area contributed by atoms with E-state index in [1.807, 2.05) is 24.0 Å². The largest absolute Gasteiger partial charge is 0.309 e. The summed E-state index contributed by atoms with van der Waals surface area (Å²) < 4.78 is 13.6. The lowest BCUT2D eigenvalue weighted by Crippen LogP contribution is -2.47. The minimum atomic E-state index is -0.298. The van der Waals surface area contributed by atoms with Crippen LogP contribution in [0.1, 0.15) is 31.7 Å². The molecule has 1 saturated heterocycles. The summed E-state index contributed by atoms with van der Waals surface area (Å²) in [7, 11) is 0. The second-order valence-electron chi connectivity index (χ2n) is 6.59. The van der Waals surface area contributed by atoms with Crippen molar-refractivity contribution >= 4 is 11.6 Å². The van der Waals surface area contributed by atoms with Crippen molar-refractivity contribution in [3.05, 3.63) is 66.0 Å². The van der Waals surface area contributed by atoms with Gasteiger partial charge in [-0.2, -0.15) is 0 Å². The predicted octanol–water partition coefficient (Wildman–Crippen LogP) is 4.23. The van der Waals surface area contributed by atoms with Gasteiger partial charge in [-0.1, -0.05) is 43.3 Å². The average molecular weight is 340 g/mol. The van der Waals surface area contributed by atoms with Crippen molar-refractivity contribution in [1.82, 2.24) is 4.90 Å². The summed E-state index contributed by atoms with van der Waals surface area (Å²) in [5, 5.41) is 0. The van der Waals surface area contributed by atoms with Gasteiger partial charge in [0.25, 0.3) is 0 Å². The van der Waals surface area contributed by atoms with Crippen molar-refractivity contribution in [2.45, 2.75) is 38.8 Å². The number of carbonyl (C=O) groups is 1. The second kappa shape index (κ2) is 8.26. The number of hydrogen-bond acceptors (Lipinski definition) is 2. The standard InChI is InChI=1S/C21H25FN2O/c1-2-21(25)24(20-10-6-9-18(22)15-20)19-11-13-23(14-12-19)16-17-7-4-3-5-8-17/h3-10,15,19H,2,11-14,16H2,1H3. The zero-order valence-electron chi connectivity index (χ0n) is 14.7. The predicted molar refractivity (Wildman–Crippen MR) is 98.9 cm³/mol. The molecule has 3 rings (SSSR count). The van der Waals surface area contributed by atoms with Crippen LogP contribution in [0.25, 0.3) is 0 Å². The number of rotatable bonds is 5. The highest BCUT2D eigenvalue weighted by molar-refractivity contribution is 5.93. The molecule has 3 nitrogen and oxygen atoms in total. The first kappa shape index (κ1) is 17.6. The Morgan fingerprint density at radius 1 is 1.12 bits per heavy atom. The van der Waals surface area contributed by atoms with E-state index in [4.69, 9.17) is 0 Å². The van der Waals surface area contributed by atoms with Crippen molar-refractivity contribution in [2.75, 3.05) is 18.0 Å². The molecule has 0 unspecified atom stereocenters. The third kappa shape index (κ3) is 4.45. The lowest BCUT2D eigenvalue weighted by molar-refractivity contribution is -0.119. The molecule has 0 saturated carbocycles. The second-order valence-corrected chi connectivity index (χ2v) is 6.59. The molecular formula is C21H25FN2O. The van der Waals surface area contributed by atoms with Gasteiger partial charge in [0.1, 0.15) is 5.82 Å². The van der Waals surface area contributed by atoms with E-state index < -0.39 is 0 Å².